The van der Waals surface area contributed by atoms with Gasteiger partial charge < -0.3 is 5.32 Å². The van der Waals surface area contributed by atoms with E-state index in [0.29, 0.717) is 0 Å². The van der Waals surface area contributed by atoms with Crippen LogP contribution in [0.25, 0.3) is 0 Å². The minimum atomic E-state index is 1.12. The van der Waals surface area contributed by atoms with Crippen molar-refractivity contribution in [1.82, 2.24) is 10.2 Å². The van der Waals surface area contributed by atoms with Crippen LogP contribution < -0.4 is 5.32 Å². The fourth-order valence-electron chi connectivity index (χ4n) is 2.21. The van der Waals surface area contributed by atoms with E-state index in [9.17, 15) is 0 Å². The van der Waals surface area contributed by atoms with E-state index in [2.05, 4.69) is 17.1 Å². The number of hydrogen-bond acceptors (Lipinski definition) is 2. The first-order valence-electron chi connectivity index (χ1n) is 6.86. The minimum absolute atomic E-state index is 1.12. The summed E-state index contributed by atoms with van der Waals surface area (Å²) >= 11 is 0. The Balaban J connectivity index is 1.73. The average molecular weight is 212 g/mol. The number of hydrogen-bond donors (Lipinski definition) is 1. The molecule has 0 saturated carbocycles. The first-order valence-corrected chi connectivity index (χ1v) is 6.86. The van der Waals surface area contributed by atoms with Crippen LogP contribution in [0.3, 0.4) is 0 Å². The molecule has 0 radical (unpaired) electrons. The molecule has 1 rings (SSSR count). The van der Waals surface area contributed by atoms with Crippen LogP contribution in [0.4, 0.5) is 0 Å². The van der Waals surface area contributed by atoms with Gasteiger partial charge in [-0.1, -0.05) is 51.9 Å². The Kier molecular flexibility index (Phi) is 7.94. The van der Waals surface area contributed by atoms with E-state index in [1.807, 2.05) is 0 Å². The molecular weight excluding hydrogens is 184 g/mol. The van der Waals surface area contributed by atoms with Gasteiger partial charge in [0.2, 0.25) is 0 Å². The molecule has 1 aliphatic heterocycles. The zero-order chi connectivity index (χ0) is 10.8. The number of nitrogens with one attached hydrogen (secondary N) is 1. The van der Waals surface area contributed by atoms with Gasteiger partial charge in [-0.3, -0.25) is 4.90 Å². The van der Waals surface area contributed by atoms with Crippen LogP contribution in [0.1, 0.15) is 58.3 Å². The van der Waals surface area contributed by atoms with Gasteiger partial charge in [0, 0.05) is 19.8 Å². The SMILES string of the molecule is CCCCCCCCCCN1CCNC1. The van der Waals surface area contributed by atoms with Crippen molar-refractivity contribution in [2.45, 2.75) is 58.3 Å². The second kappa shape index (κ2) is 9.17. The molecule has 1 aliphatic rings. The summed E-state index contributed by atoms with van der Waals surface area (Å²) in [6.45, 7) is 7.16. The lowest BCUT2D eigenvalue weighted by Crippen LogP contribution is -2.22. The van der Waals surface area contributed by atoms with Crippen molar-refractivity contribution >= 4 is 0 Å². The van der Waals surface area contributed by atoms with Crippen molar-refractivity contribution in [1.29, 1.82) is 0 Å². The van der Waals surface area contributed by atoms with Crippen molar-refractivity contribution in [3.63, 3.8) is 0 Å². The quantitative estimate of drug-likeness (QED) is 0.591. The van der Waals surface area contributed by atoms with E-state index in [4.69, 9.17) is 0 Å². The molecule has 0 aromatic heterocycles. The highest BCUT2D eigenvalue weighted by Crippen LogP contribution is 2.08. The molecule has 90 valence electrons. The molecular formula is C13H28N2. The Morgan fingerprint density at radius 1 is 0.933 bits per heavy atom. The summed E-state index contributed by atoms with van der Waals surface area (Å²) in [7, 11) is 0. The second-order valence-electron chi connectivity index (χ2n) is 4.75. The fraction of sp³-hybridized carbons (Fsp3) is 1.00. The number of rotatable bonds is 9. The zero-order valence-electron chi connectivity index (χ0n) is 10.4. The van der Waals surface area contributed by atoms with Gasteiger partial charge in [-0.05, 0) is 13.0 Å². The normalized spacial score (nSPS) is 17.4. The molecule has 2 nitrogen and oxygen atoms in total. The maximum Gasteiger partial charge on any atom is 0.0481 e. The molecule has 1 N–H and O–H groups in total. The van der Waals surface area contributed by atoms with Crippen LogP contribution in [-0.4, -0.2) is 31.2 Å². The molecule has 0 spiro atoms. The van der Waals surface area contributed by atoms with E-state index < -0.39 is 0 Å². The number of nitrogens with zero attached hydrogens (tertiary/aromatic N) is 1. The first-order chi connectivity index (χ1) is 7.43. The van der Waals surface area contributed by atoms with Gasteiger partial charge in [0.15, 0.2) is 0 Å². The third kappa shape index (κ3) is 6.91. The third-order valence-electron chi connectivity index (χ3n) is 3.27. The highest BCUT2D eigenvalue weighted by atomic mass is 15.3. The maximum absolute atomic E-state index is 3.37. The van der Waals surface area contributed by atoms with Gasteiger partial charge in [0.25, 0.3) is 0 Å². The predicted octanol–water partition coefficient (Wildman–Crippen LogP) is 2.99. The van der Waals surface area contributed by atoms with E-state index in [1.54, 1.807) is 0 Å². The third-order valence-corrected chi connectivity index (χ3v) is 3.27. The van der Waals surface area contributed by atoms with Crippen LogP contribution in [-0.2, 0) is 0 Å². The van der Waals surface area contributed by atoms with Crippen LogP contribution in [0, 0.1) is 0 Å². The van der Waals surface area contributed by atoms with Crippen LogP contribution >= 0.6 is 0 Å². The van der Waals surface area contributed by atoms with Crippen molar-refractivity contribution in [3.8, 4) is 0 Å². The lowest BCUT2D eigenvalue weighted by atomic mass is 10.1. The maximum atomic E-state index is 3.37. The highest BCUT2D eigenvalue weighted by molar-refractivity contribution is 4.65. The minimum Gasteiger partial charge on any atom is -0.303 e. The Labute approximate surface area is 95.4 Å². The van der Waals surface area contributed by atoms with Crippen molar-refractivity contribution in [2.24, 2.45) is 0 Å². The summed E-state index contributed by atoms with van der Waals surface area (Å²) in [6, 6.07) is 0. The monoisotopic (exact) mass is 212 g/mol. The van der Waals surface area contributed by atoms with Crippen LogP contribution in [0.15, 0.2) is 0 Å². The molecule has 0 atom stereocenters. The second-order valence-corrected chi connectivity index (χ2v) is 4.75. The molecule has 0 unspecified atom stereocenters. The van der Waals surface area contributed by atoms with Gasteiger partial charge in [-0.15, -0.1) is 0 Å². The Bertz CT molecular complexity index is 130. The zero-order valence-corrected chi connectivity index (χ0v) is 10.4. The van der Waals surface area contributed by atoms with Gasteiger partial charge in [0.1, 0.15) is 0 Å². The average Bonchev–Trinajstić information content (AvgIpc) is 2.75. The summed E-state index contributed by atoms with van der Waals surface area (Å²) in [4.78, 5) is 2.52. The topological polar surface area (TPSA) is 15.3 Å². The van der Waals surface area contributed by atoms with Gasteiger partial charge >= 0.3 is 0 Å². The molecule has 0 aromatic carbocycles. The van der Waals surface area contributed by atoms with Crippen molar-refractivity contribution in [3.05, 3.63) is 0 Å². The van der Waals surface area contributed by atoms with Crippen molar-refractivity contribution in [2.75, 3.05) is 26.3 Å². The lowest BCUT2D eigenvalue weighted by Gasteiger charge is -2.12. The predicted molar refractivity (Wildman–Crippen MR) is 67.1 cm³/mol. The van der Waals surface area contributed by atoms with Gasteiger partial charge in [-0.2, -0.15) is 0 Å². The first kappa shape index (κ1) is 13.0. The van der Waals surface area contributed by atoms with E-state index in [0.717, 1.165) is 6.67 Å². The fourth-order valence-corrected chi connectivity index (χ4v) is 2.21. The van der Waals surface area contributed by atoms with Crippen molar-refractivity contribution < 1.29 is 0 Å². The molecule has 0 amide bonds. The number of unbranched alkanes of at least 4 members (excludes halogenated alkanes) is 7. The van der Waals surface area contributed by atoms with E-state index >= 15 is 0 Å². The highest BCUT2D eigenvalue weighted by Gasteiger charge is 2.08. The molecule has 0 bridgehead atoms. The lowest BCUT2D eigenvalue weighted by molar-refractivity contribution is 0.324. The molecule has 0 aliphatic carbocycles. The molecule has 1 heterocycles. The molecule has 0 aromatic rings. The molecule has 1 saturated heterocycles. The summed E-state index contributed by atoms with van der Waals surface area (Å²) in [5.74, 6) is 0. The Morgan fingerprint density at radius 2 is 1.60 bits per heavy atom. The standard InChI is InChI=1S/C13H28N2/c1-2-3-4-5-6-7-8-9-11-15-12-10-14-13-15/h14H,2-13H2,1H3. The summed E-state index contributed by atoms with van der Waals surface area (Å²) in [6.07, 6.45) is 11.4. The largest absolute Gasteiger partial charge is 0.303 e. The van der Waals surface area contributed by atoms with E-state index in [-0.39, 0.29) is 0 Å². The van der Waals surface area contributed by atoms with Crippen LogP contribution in [0.2, 0.25) is 0 Å². The molecule has 2 heteroatoms. The molecule has 15 heavy (non-hydrogen) atoms. The molecule has 1 fully saturated rings. The Hall–Kier alpha value is -0.0800. The summed E-state index contributed by atoms with van der Waals surface area (Å²) < 4.78 is 0. The van der Waals surface area contributed by atoms with Gasteiger partial charge in [-0.25, -0.2) is 0 Å². The van der Waals surface area contributed by atoms with Crippen LogP contribution in [0.5, 0.6) is 0 Å². The summed E-state index contributed by atoms with van der Waals surface area (Å²) in [5.41, 5.74) is 0. The summed E-state index contributed by atoms with van der Waals surface area (Å²) in [5, 5.41) is 3.37. The van der Waals surface area contributed by atoms with Gasteiger partial charge in [0.05, 0.1) is 0 Å². The van der Waals surface area contributed by atoms with E-state index in [1.165, 1.54) is 71.0 Å². The Morgan fingerprint density at radius 3 is 2.20 bits per heavy atom. The smallest absolute Gasteiger partial charge is 0.0481 e.